The summed E-state index contributed by atoms with van der Waals surface area (Å²) in [5.74, 6) is -0.537. The standard InChI is InChI=1S/C25H29N3O3/c1-3-18(2)27(16-19-10-5-4-6-11-19)22(29)17-28-23(30)25(26-24(28)31)15-9-13-20-12-7-8-14-21(20)25/h4-8,10-12,14,18H,3,9,13,15-17H2,1-2H3,(H,26,31). The van der Waals surface area contributed by atoms with E-state index in [1.54, 1.807) is 4.90 Å². The number of nitrogens with one attached hydrogen (secondary N) is 1. The minimum Gasteiger partial charge on any atom is -0.334 e. The van der Waals surface area contributed by atoms with Gasteiger partial charge in [-0.1, -0.05) is 61.5 Å². The molecule has 1 heterocycles. The molecule has 1 aliphatic carbocycles. The summed E-state index contributed by atoms with van der Waals surface area (Å²) in [7, 11) is 0. The lowest BCUT2D eigenvalue weighted by Gasteiger charge is -2.33. The number of fused-ring (bicyclic) bond motifs is 2. The van der Waals surface area contributed by atoms with E-state index in [2.05, 4.69) is 5.32 Å². The van der Waals surface area contributed by atoms with Gasteiger partial charge in [0.15, 0.2) is 0 Å². The number of benzene rings is 2. The molecular formula is C25H29N3O3. The highest BCUT2D eigenvalue weighted by atomic mass is 16.2. The van der Waals surface area contributed by atoms with Gasteiger partial charge >= 0.3 is 6.03 Å². The van der Waals surface area contributed by atoms with Crippen LogP contribution in [0.25, 0.3) is 0 Å². The van der Waals surface area contributed by atoms with Gasteiger partial charge in [-0.15, -0.1) is 0 Å². The highest BCUT2D eigenvalue weighted by molar-refractivity contribution is 6.09. The molecule has 4 rings (SSSR count). The lowest BCUT2D eigenvalue weighted by Crippen LogP contribution is -2.48. The molecule has 1 spiro atoms. The van der Waals surface area contributed by atoms with Crippen molar-refractivity contribution in [2.45, 2.75) is 57.7 Å². The van der Waals surface area contributed by atoms with E-state index in [9.17, 15) is 14.4 Å². The first kappa shape index (κ1) is 21.1. The molecule has 1 saturated heterocycles. The van der Waals surface area contributed by atoms with Crippen LogP contribution in [-0.4, -0.2) is 40.2 Å². The number of urea groups is 1. The lowest BCUT2D eigenvalue weighted by molar-refractivity contribution is -0.141. The second kappa shape index (κ2) is 8.53. The number of carbonyl (C=O) groups is 3. The molecule has 162 valence electrons. The molecule has 6 heteroatoms. The van der Waals surface area contributed by atoms with E-state index in [1.807, 2.05) is 68.4 Å². The van der Waals surface area contributed by atoms with E-state index >= 15 is 0 Å². The summed E-state index contributed by atoms with van der Waals surface area (Å²) in [6, 6.07) is 17.1. The highest BCUT2D eigenvalue weighted by Crippen LogP contribution is 2.39. The van der Waals surface area contributed by atoms with Crippen molar-refractivity contribution in [2.75, 3.05) is 6.54 Å². The van der Waals surface area contributed by atoms with E-state index in [0.29, 0.717) is 13.0 Å². The Labute approximate surface area is 183 Å². The van der Waals surface area contributed by atoms with Crippen LogP contribution in [0.3, 0.4) is 0 Å². The fraction of sp³-hybridized carbons (Fsp3) is 0.400. The predicted octanol–water partition coefficient (Wildman–Crippen LogP) is 3.60. The van der Waals surface area contributed by atoms with Gasteiger partial charge in [-0.3, -0.25) is 14.5 Å². The fourth-order valence-electron chi connectivity index (χ4n) is 4.67. The fourth-order valence-corrected chi connectivity index (χ4v) is 4.67. The van der Waals surface area contributed by atoms with Crippen molar-refractivity contribution in [3.8, 4) is 0 Å². The minimum atomic E-state index is -1.05. The molecule has 0 radical (unpaired) electrons. The van der Waals surface area contributed by atoms with Gasteiger partial charge in [0.25, 0.3) is 5.91 Å². The van der Waals surface area contributed by atoms with Gasteiger partial charge in [-0.25, -0.2) is 4.79 Å². The molecule has 6 nitrogen and oxygen atoms in total. The van der Waals surface area contributed by atoms with Crippen molar-refractivity contribution in [3.63, 3.8) is 0 Å². The smallest absolute Gasteiger partial charge is 0.325 e. The van der Waals surface area contributed by atoms with Gasteiger partial charge < -0.3 is 10.2 Å². The van der Waals surface area contributed by atoms with Gasteiger partial charge in [0, 0.05) is 12.6 Å². The largest absolute Gasteiger partial charge is 0.334 e. The van der Waals surface area contributed by atoms with E-state index in [4.69, 9.17) is 0 Å². The van der Waals surface area contributed by atoms with Crippen molar-refractivity contribution in [1.82, 2.24) is 15.1 Å². The summed E-state index contributed by atoms with van der Waals surface area (Å²) in [5.41, 5.74) is 1.91. The maximum absolute atomic E-state index is 13.5. The molecule has 0 saturated carbocycles. The monoisotopic (exact) mass is 419 g/mol. The molecule has 1 N–H and O–H groups in total. The highest BCUT2D eigenvalue weighted by Gasteiger charge is 2.54. The van der Waals surface area contributed by atoms with Crippen molar-refractivity contribution < 1.29 is 14.4 Å². The zero-order chi connectivity index (χ0) is 22.0. The van der Waals surface area contributed by atoms with E-state index in [1.165, 1.54) is 0 Å². The first-order chi connectivity index (χ1) is 15.0. The third-order valence-electron chi connectivity index (χ3n) is 6.58. The van der Waals surface area contributed by atoms with Crippen LogP contribution in [0.15, 0.2) is 54.6 Å². The van der Waals surface area contributed by atoms with Crippen LogP contribution in [0, 0.1) is 0 Å². The minimum absolute atomic E-state index is 0.00200. The average Bonchev–Trinajstić information content (AvgIpc) is 3.02. The Morgan fingerprint density at radius 2 is 1.84 bits per heavy atom. The number of nitrogens with zero attached hydrogens (tertiary/aromatic N) is 2. The normalized spacial score (nSPS) is 21.0. The second-order valence-electron chi connectivity index (χ2n) is 8.50. The second-order valence-corrected chi connectivity index (χ2v) is 8.50. The van der Waals surface area contributed by atoms with Crippen molar-refractivity contribution in [1.29, 1.82) is 0 Å². The van der Waals surface area contributed by atoms with Gasteiger partial charge in [0.2, 0.25) is 5.91 Å². The van der Waals surface area contributed by atoms with E-state index in [-0.39, 0.29) is 24.4 Å². The maximum atomic E-state index is 13.5. The number of imide groups is 1. The van der Waals surface area contributed by atoms with Gasteiger partial charge in [0.05, 0.1) is 0 Å². The zero-order valence-corrected chi connectivity index (χ0v) is 18.1. The molecule has 2 aromatic rings. The molecule has 4 amide bonds. The third-order valence-corrected chi connectivity index (χ3v) is 6.58. The van der Waals surface area contributed by atoms with Crippen molar-refractivity contribution in [3.05, 3.63) is 71.3 Å². The van der Waals surface area contributed by atoms with Crippen LogP contribution in [0.1, 0.15) is 49.8 Å². The quantitative estimate of drug-likeness (QED) is 0.728. The summed E-state index contributed by atoms with van der Waals surface area (Å²) >= 11 is 0. The van der Waals surface area contributed by atoms with Crippen LogP contribution in [-0.2, 0) is 28.1 Å². The number of carbonyl (C=O) groups excluding carboxylic acids is 3. The number of hydrogen-bond donors (Lipinski definition) is 1. The van der Waals surface area contributed by atoms with Gasteiger partial charge in [0.1, 0.15) is 12.1 Å². The molecule has 2 atom stereocenters. The first-order valence-electron chi connectivity index (χ1n) is 11.0. The summed E-state index contributed by atoms with van der Waals surface area (Å²) in [4.78, 5) is 42.5. The average molecular weight is 420 g/mol. The molecular weight excluding hydrogens is 390 g/mol. The lowest BCUT2D eigenvalue weighted by atomic mass is 9.76. The summed E-state index contributed by atoms with van der Waals surface area (Å²) in [5, 5.41) is 2.93. The summed E-state index contributed by atoms with van der Waals surface area (Å²) in [6.45, 7) is 4.22. The van der Waals surface area contributed by atoms with Crippen LogP contribution >= 0.6 is 0 Å². The number of hydrogen-bond acceptors (Lipinski definition) is 3. The third kappa shape index (κ3) is 3.82. The van der Waals surface area contributed by atoms with Crippen LogP contribution in [0.2, 0.25) is 0 Å². The van der Waals surface area contributed by atoms with E-state index in [0.717, 1.165) is 40.9 Å². The number of rotatable bonds is 6. The molecule has 2 aliphatic rings. The van der Waals surface area contributed by atoms with Crippen LogP contribution in [0.4, 0.5) is 4.79 Å². The van der Waals surface area contributed by atoms with Crippen LogP contribution in [0.5, 0.6) is 0 Å². The number of aryl methyl sites for hydroxylation is 1. The molecule has 2 unspecified atom stereocenters. The topological polar surface area (TPSA) is 69.7 Å². The molecule has 0 bridgehead atoms. The molecule has 1 fully saturated rings. The van der Waals surface area contributed by atoms with Crippen molar-refractivity contribution in [2.24, 2.45) is 0 Å². The Bertz CT molecular complexity index is 991. The Hall–Kier alpha value is -3.15. The van der Waals surface area contributed by atoms with Crippen LogP contribution < -0.4 is 5.32 Å². The maximum Gasteiger partial charge on any atom is 0.325 e. The van der Waals surface area contributed by atoms with E-state index < -0.39 is 11.6 Å². The summed E-state index contributed by atoms with van der Waals surface area (Å²) < 4.78 is 0. The van der Waals surface area contributed by atoms with Gasteiger partial charge in [-0.2, -0.15) is 0 Å². The summed E-state index contributed by atoms with van der Waals surface area (Å²) in [6.07, 6.45) is 3.05. The Balaban J connectivity index is 1.56. The van der Waals surface area contributed by atoms with Crippen molar-refractivity contribution >= 4 is 17.8 Å². The molecule has 0 aromatic heterocycles. The molecule has 1 aliphatic heterocycles. The predicted molar refractivity (Wildman–Crippen MR) is 118 cm³/mol. The molecule has 31 heavy (non-hydrogen) atoms. The van der Waals surface area contributed by atoms with Gasteiger partial charge in [-0.05, 0) is 49.3 Å². The number of amides is 4. The SMILES string of the molecule is CCC(C)N(Cc1ccccc1)C(=O)CN1C(=O)NC2(CCCc3ccccc32)C1=O. The molecule has 2 aromatic carbocycles. The Morgan fingerprint density at radius 1 is 1.13 bits per heavy atom. The zero-order valence-electron chi connectivity index (χ0n) is 18.1. The Morgan fingerprint density at radius 3 is 2.58 bits per heavy atom. The Kier molecular flexibility index (Phi) is 5.81. The first-order valence-corrected chi connectivity index (χ1v) is 11.0.